The van der Waals surface area contributed by atoms with Gasteiger partial charge in [-0.05, 0) is 48.4 Å². The third-order valence-corrected chi connectivity index (χ3v) is 6.16. The van der Waals surface area contributed by atoms with Crippen LogP contribution in [0.2, 0.25) is 0 Å². The molecule has 0 spiro atoms. The minimum Gasteiger partial charge on any atom is -0.493 e. The number of nitrogens with zero attached hydrogens (tertiary/aromatic N) is 3. The van der Waals surface area contributed by atoms with Crippen LogP contribution in [0.4, 0.5) is 8.78 Å². The van der Waals surface area contributed by atoms with Crippen molar-refractivity contribution in [3.8, 4) is 11.5 Å². The normalized spacial score (nSPS) is 11.3. The largest absolute Gasteiger partial charge is 0.493 e. The van der Waals surface area contributed by atoms with Crippen LogP contribution in [0, 0.1) is 11.6 Å². The highest BCUT2D eigenvalue weighted by Crippen LogP contribution is 2.29. The first-order valence-electron chi connectivity index (χ1n) is 11.1. The van der Waals surface area contributed by atoms with Crippen LogP contribution in [0.1, 0.15) is 11.1 Å². The average molecular weight is 475 g/mol. The average Bonchev–Trinajstić information content (AvgIpc) is 3.18. The van der Waals surface area contributed by atoms with Crippen molar-refractivity contribution in [2.45, 2.75) is 19.5 Å². The van der Waals surface area contributed by atoms with Gasteiger partial charge in [0.25, 0.3) is 5.56 Å². The molecule has 178 valence electrons. The molecule has 3 aromatic carbocycles. The van der Waals surface area contributed by atoms with Gasteiger partial charge in [0, 0.05) is 17.5 Å². The van der Waals surface area contributed by atoms with E-state index >= 15 is 0 Å². The molecule has 0 fully saturated rings. The summed E-state index contributed by atoms with van der Waals surface area (Å²) in [5.41, 5.74) is 2.43. The SMILES string of the molecule is COc1ccc(CCn2cnc3c4cc(F)ccc4n(Cc4ccccc4F)c3c2=O)cc1OC. The summed E-state index contributed by atoms with van der Waals surface area (Å²) in [5, 5.41) is 0.514. The molecule has 2 heterocycles. The van der Waals surface area contributed by atoms with Crippen molar-refractivity contribution in [1.82, 2.24) is 14.1 Å². The Hall–Kier alpha value is -4.20. The zero-order valence-electron chi connectivity index (χ0n) is 19.3. The maximum atomic E-state index is 14.5. The van der Waals surface area contributed by atoms with Gasteiger partial charge < -0.3 is 14.0 Å². The monoisotopic (exact) mass is 475 g/mol. The lowest BCUT2D eigenvalue weighted by Gasteiger charge is -2.11. The smallest absolute Gasteiger partial charge is 0.277 e. The van der Waals surface area contributed by atoms with Gasteiger partial charge in [-0.3, -0.25) is 9.36 Å². The molecule has 2 aromatic heterocycles. The van der Waals surface area contributed by atoms with E-state index in [1.807, 2.05) is 18.2 Å². The molecule has 0 amide bonds. The van der Waals surface area contributed by atoms with Crippen LogP contribution in [-0.4, -0.2) is 28.3 Å². The van der Waals surface area contributed by atoms with E-state index in [-0.39, 0.29) is 17.9 Å². The molecule has 0 unspecified atom stereocenters. The topological polar surface area (TPSA) is 58.3 Å². The molecule has 0 aliphatic carbocycles. The lowest BCUT2D eigenvalue weighted by molar-refractivity contribution is 0.354. The second-order valence-corrected chi connectivity index (χ2v) is 8.22. The number of fused-ring (bicyclic) bond motifs is 3. The van der Waals surface area contributed by atoms with E-state index in [2.05, 4.69) is 4.98 Å². The molecule has 0 atom stereocenters. The molecule has 0 saturated heterocycles. The number of rotatable bonds is 7. The quantitative estimate of drug-likeness (QED) is 0.335. The third-order valence-electron chi connectivity index (χ3n) is 6.16. The number of aromatic nitrogens is 3. The summed E-state index contributed by atoms with van der Waals surface area (Å²) in [6, 6.07) is 16.3. The fraction of sp³-hybridized carbons (Fsp3) is 0.185. The van der Waals surface area contributed by atoms with Crippen molar-refractivity contribution < 1.29 is 18.3 Å². The number of hydrogen-bond donors (Lipinski definition) is 0. The molecular formula is C27H23F2N3O3. The first-order chi connectivity index (χ1) is 17.0. The molecule has 6 nitrogen and oxygen atoms in total. The first kappa shape index (κ1) is 22.6. The number of hydrogen-bond acceptors (Lipinski definition) is 4. The van der Waals surface area contributed by atoms with Crippen LogP contribution in [-0.2, 0) is 19.5 Å². The van der Waals surface area contributed by atoms with Crippen LogP contribution in [0.5, 0.6) is 11.5 Å². The van der Waals surface area contributed by atoms with Gasteiger partial charge in [-0.25, -0.2) is 13.8 Å². The third kappa shape index (κ3) is 4.12. The summed E-state index contributed by atoms with van der Waals surface area (Å²) in [7, 11) is 3.14. The maximum Gasteiger partial charge on any atom is 0.277 e. The number of benzene rings is 3. The fourth-order valence-corrected chi connectivity index (χ4v) is 4.38. The van der Waals surface area contributed by atoms with Crippen LogP contribution in [0.15, 0.2) is 71.8 Å². The van der Waals surface area contributed by atoms with Crippen LogP contribution < -0.4 is 15.0 Å². The van der Waals surface area contributed by atoms with Crippen molar-refractivity contribution in [1.29, 1.82) is 0 Å². The Morgan fingerprint density at radius 1 is 0.943 bits per heavy atom. The molecule has 5 rings (SSSR count). The molecule has 5 aromatic rings. The van der Waals surface area contributed by atoms with Gasteiger partial charge >= 0.3 is 0 Å². The summed E-state index contributed by atoms with van der Waals surface area (Å²) in [6.45, 7) is 0.488. The van der Waals surface area contributed by atoms with Crippen molar-refractivity contribution in [3.05, 3.63) is 100 Å². The molecular weight excluding hydrogens is 452 g/mol. The van der Waals surface area contributed by atoms with Gasteiger partial charge in [0.1, 0.15) is 22.7 Å². The van der Waals surface area contributed by atoms with Gasteiger partial charge in [0.05, 0.1) is 32.6 Å². The highest BCUT2D eigenvalue weighted by Gasteiger charge is 2.18. The standard InChI is InChI=1S/C27H23F2N3O3/c1-34-23-10-7-17(13-24(23)35-2)11-12-31-16-30-25-20-14-19(28)8-9-22(20)32(26(25)27(31)33)15-18-5-3-4-6-21(18)29/h3-10,13-14,16H,11-12,15H2,1-2H3. The van der Waals surface area contributed by atoms with Gasteiger partial charge in [0.15, 0.2) is 11.5 Å². The number of aryl methyl sites for hydroxylation is 2. The highest BCUT2D eigenvalue weighted by molar-refractivity contribution is 6.05. The highest BCUT2D eigenvalue weighted by atomic mass is 19.1. The molecule has 0 radical (unpaired) electrons. The Labute approximate surface area is 200 Å². The Morgan fingerprint density at radius 2 is 1.74 bits per heavy atom. The van der Waals surface area contributed by atoms with Crippen LogP contribution in [0.25, 0.3) is 21.9 Å². The predicted octanol–water partition coefficient (Wildman–Crippen LogP) is 4.94. The lowest BCUT2D eigenvalue weighted by atomic mass is 10.1. The summed E-state index contributed by atoms with van der Waals surface area (Å²) < 4.78 is 42.4. The maximum absolute atomic E-state index is 14.5. The zero-order valence-corrected chi connectivity index (χ0v) is 19.3. The number of methoxy groups -OCH3 is 2. The van der Waals surface area contributed by atoms with Crippen molar-refractivity contribution >= 4 is 21.9 Å². The minimum atomic E-state index is -0.429. The van der Waals surface area contributed by atoms with Crippen molar-refractivity contribution in [2.24, 2.45) is 0 Å². The molecule has 0 saturated carbocycles. The van der Waals surface area contributed by atoms with Gasteiger partial charge in [0.2, 0.25) is 0 Å². The van der Waals surface area contributed by atoms with E-state index in [0.29, 0.717) is 52.0 Å². The Bertz CT molecular complexity index is 1610. The van der Waals surface area contributed by atoms with Crippen LogP contribution >= 0.6 is 0 Å². The minimum absolute atomic E-state index is 0.120. The van der Waals surface area contributed by atoms with Crippen molar-refractivity contribution in [3.63, 3.8) is 0 Å². The second-order valence-electron chi connectivity index (χ2n) is 8.22. The number of halogens is 2. The van der Waals surface area contributed by atoms with Crippen molar-refractivity contribution in [2.75, 3.05) is 14.2 Å². The second kappa shape index (κ2) is 9.21. The molecule has 0 N–H and O–H groups in total. The zero-order chi connectivity index (χ0) is 24.5. The van der Waals surface area contributed by atoms with Gasteiger partial charge in [-0.2, -0.15) is 0 Å². The van der Waals surface area contributed by atoms with E-state index < -0.39 is 5.82 Å². The van der Waals surface area contributed by atoms with E-state index in [4.69, 9.17) is 9.47 Å². The Kier molecular flexibility index (Phi) is 5.94. The fourth-order valence-electron chi connectivity index (χ4n) is 4.38. The summed E-state index contributed by atoms with van der Waals surface area (Å²) in [5.74, 6) is 0.434. The Morgan fingerprint density at radius 3 is 2.51 bits per heavy atom. The predicted molar refractivity (Wildman–Crippen MR) is 130 cm³/mol. The summed E-state index contributed by atoms with van der Waals surface area (Å²) in [6.07, 6.45) is 2.03. The molecule has 0 aliphatic heterocycles. The molecule has 0 aliphatic rings. The molecule has 35 heavy (non-hydrogen) atoms. The number of ether oxygens (including phenoxy) is 2. The first-order valence-corrected chi connectivity index (χ1v) is 11.1. The molecule has 8 heteroatoms. The Balaban J connectivity index is 1.59. The van der Waals surface area contributed by atoms with E-state index in [9.17, 15) is 13.6 Å². The molecule has 0 bridgehead atoms. The summed E-state index contributed by atoms with van der Waals surface area (Å²) >= 11 is 0. The van der Waals surface area contributed by atoms with E-state index in [1.54, 1.807) is 43.1 Å². The lowest BCUT2D eigenvalue weighted by Crippen LogP contribution is -2.23. The summed E-state index contributed by atoms with van der Waals surface area (Å²) in [4.78, 5) is 18.1. The van der Waals surface area contributed by atoms with Gasteiger partial charge in [-0.15, -0.1) is 0 Å². The van der Waals surface area contributed by atoms with E-state index in [1.165, 1.54) is 29.1 Å². The van der Waals surface area contributed by atoms with Crippen LogP contribution in [0.3, 0.4) is 0 Å². The van der Waals surface area contributed by atoms with Gasteiger partial charge in [-0.1, -0.05) is 24.3 Å². The van der Waals surface area contributed by atoms with E-state index in [0.717, 1.165) is 5.56 Å².